The number of carbonyl (C=O) groups excluding carboxylic acids is 2. The highest BCUT2D eigenvalue weighted by molar-refractivity contribution is 7.90. The van der Waals surface area contributed by atoms with Crippen LogP contribution in [0.25, 0.3) is 0 Å². The number of rotatable bonds is 5. The van der Waals surface area contributed by atoms with E-state index in [1.54, 1.807) is 43.3 Å². The van der Waals surface area contributed by atoms with Gasteiger partial charge in [0.2, 0.25) is 5.91 Å². The van der Waals surface area contributed by atoms with Crippen LogP contribution in [0.3, 0.4) is 0 Å². The van der Waals surface area contributed by atoms with E-state index in [0.717, 1.165) is 0 Å². The lowest BCUT2D eigenvalue weighted by Gasteiger charge is -2.30. The third-order valence-electron chi connectivity index (χ3n) is 4.42. The summed E-state index contributed by atoms with van der Waals surface area (Å²) in [6.07, 6.45) is 0. The third-order valence-corrected chi connectivity index (χ3v) is 5.81. The number of hydrogen-bond acceptors (Lipinski definition) is 5. The van der Waals surface area contributed by atoms with E-state index in [-0.39, 0.29) is 16.4 Å². The summed E-state index contributed by atoms with van der Waals surface area (Å²) in [6, 6.07) is 11.3. The second-order valence-electron chi connectivity index (χ2n) is 7.52. The molecular weight excluding hydrogens is 404 g/mol. The second-order valence-corrected chi connectivity index (χ2v) is 9.09. The van der Waals surface area contributed by atoms with Gasteiger partial charge >= 0.3 is 0 Å². The zero-order valence-electron chi connectivity index (χ0n) is 17.3. The fourth-order valence-corrected chi connectivity index (χ4v) is 4.47. The van der Waals surface area contributed by atoms with Gasteiger partial charge < -0.3 is 15.5 Å². The van der Waals surface area contributed by atoms with Gasteiger partial charge in [-0.15, -0.1) is 4.40 Å². The highest BCUT2D eigenvalue weighted by Gasteiger charge is 2.30. The molecule has 0 unspecified atom stereocenters. The zero-order valence-corrected chi connectivity index (χ0v) is 18.1. The number of nitrogens with zero attached hydrogens (tertiary/aromatic N) is 2. The minimum Gasteiger partial charge on any atom is -0.328 e. The van der Waals surface area contributed by atoms with Crippen LogP contribution in [0.15, 0.2) is 51.8 Å². The molecule has 2 amide bonds. The lowest BCUT2D eigenvalue weighted by molar-refractivity contribution is -0.114. The van der Waals surface area contributed by atoms with Gasteiger partial charge in [-0.05, 0) is 49.2 Å². The van der Waals surface area contributed by atoms with Crippen LogP contribution in [0.4, 0.5) is 17.1 Å². The van der Waals surface area contributed by atoms with Crippen LogP contribution in [0.2, 0.25) is 0 Å². The predicted octanol–water partition coefficient (Wildman–Crippen LogP) is 3.48. The van der Waals surface area contributed by atoms with E-state index in [1.165, 1.54) is 13.0 Å². The van der Waals surface area contributed by atoms with Gasteiger partial charge in [0.05, 0.1) is 5.69 Å². The zero-order chi connectivity index (χ0) is 22.1. The number of amidine groups is 1. The number of carbonyl (C=O) groups is 2. The summed E-state index contributed by atoms with van der Waals surface area (Å²) in [7, 11) is -3.89. The molecule has 3 rings (SSSR count). The molecule has 0 aliphatic carbocycles. The minimum atomic E-state index is -3.89. The average Bonchev–Trinajstić information content (AvgIpc) is 2.64. The first-order valence-electron chi connectivity index (χ1n) is 9.49. The summed E-state index contributed by atoms with van der Waals surface area (Å²) in [5.41, 5.74) is 1.73. The lowest BCUT2D eigenvalue weighted by atomic mass is 10.1. The Kier molecular flexibility index (Phi) is 5.93. The van der Waals surface area contributed by atoms with Gasteiger partial charge in [0, 0.05) is 30.4 Å². The summed E-state index contributed by atoms with van der Waals surface area (Å²) in [4.78, 5) is 25.8. The highest BCUT2D eigenvalue weighted by atomic mass is 32.2. The first-order chi connectivity index (χ1) is 14.1. The van der Waals surface area contributed by atoms with Crippen LogP contribution in [0.1, 0.15) is 38.1 Å². The van der Waals surface area contributed by atoms with E-state index in [9.17, 15) is 18.0 Å². The van der Waals surface area contributed by atoms with E-state index >= 15 is 0 Å². The van der Waals surface area contributed by atoms with Gasteiger partial charge in [0.25, 0.3) is 15.9 Å². The number of benzene rings is 2. The summed E-state index contributed by atoms with van der Waals surface area (Å²) in [5, 5.41) is 5.37. The number of nitrogens with one attached hydrogen (secondary N) is 2. The number of sulfonamides is 1. The molecule has 1 aliphatic rings. The smallest absolute Gasteiger partial charge is 0.286 e. The van der Waals surface area contributed by atoms with Crippen molar-refractivity contribution in [2.24, 2.45) is 10.3 Å². The Morgan fingerprint density at radius 2 is 1.73 bits per heavy atom. The molecule has 1 aliphatic heterocycles. The largest absolute Gasteiger partial charge is 0.328 e. The molecule has 30 heavy (non-hydrogen) atoms. The van der Waals surface area contributed by atoms with E-state index in [4.69, 9.17) is 0 Å². The molecule has 0 saturated heterocycles. The maximum absolute atomic E-state index is 12.7. The molecule has 0 spiro atoms. The van der Waals surface area contributed by atoms with Gasteiger partial charge in [0.1, 0.15) is 10.7 Å². The lowest BCUT2D eigenvalue weighted by Crippen LogP contribution is -2.36. The Morgan fingerprint density at radius 3 is 2.37 bits per heavy atom. The van der Waals surface area contributed by atoms with Gasteiger partial charge in [-0.2, -0.15) is 8.42 Å². The van der Waals surface area contributed by atoms with Crippen LogP contribution in [-0.2, 0) is 14.8 Å². The standard InChI is InChI=1S/C21H24N4O4S/c1-13(2)12-25-14(3)24-30(28,29)20-10-16(8-9-19(20)25)21(27)23-18-7-5-6-17(11-18)22-15(4)26/h5-11,13H,12H2,1-4H3,(H,22,26)(H,23,27). The first-order valence-corrected chi connectivity index (χ1v) is 10.9. The minimum absolute atomic E-state index is 0.00778. The summed E-state index contributed by atoms with van der Waals surface area (Å²) in [5.74, 6) is 0.0145. The van der Waals surface area contributed by atoms with Crippen molar-refractivity contribution in [1.29, 1.82) is 0 Å². The SMILES string of the molecule is CC(=O)Nc1cccc(NC(=O)c2ccc3c(c2)S(=O)(=O)N=C(C)N3CC(C)C)c1. The van der Waals surface area contributed by atoms with E-state index in [2.05, 4.69) is 15.0 Å². The van der Waals surface area contributed by atoms with E-state index in [0.29, 0.717) is 35.4 Å². The van der Waals surface area contributed by atoms with E-state index < -0.39 is 15.9 Å². The van der Waals surface area contributed by atoms with Crippen molar-refractivity contribution in [3.05, 3.63) is 48.0 Å². The summed E-state index contributed by atoms with van der Waals surface area (Å²) < 4.78 is 29.1. The summed E-state index contributed by atoms with van der Waals surface area (Å²) >= 11 is 0. The molecule has 0 saturated carbocycles. The van der Waals surface area contributed by atoms with Crippen molar-refractivity contribution in [2.75, 3.05) is 22.1 Å². The molecule has 0 fully saturated rings. The molecule has 2 N–H and O–H groups in total. The molecule has 9 heteroatoms. The Bertz CT molecular complexity index is 1140. The molecule has 2 aromatic carbocycles. The second kappa shape index (κ2) is 8.27. The molecule has 1 heterocycles. The highest BCUT2D eigenvalue weighted by Crippen LogP contribution is 2.33. The fourth-order valence-electron chi connectivity index (χ4n) is 3.21. The monoisotopic (exact) mass is 428 g/mol. The maximum Gasteiger partial charge on any atom is 0.286 e. The van der Waals surface area contributed by atoms with Gasteiger partial charge in [0.15, 0.2) is 0 Å². The molecular formula is C21H24N4O4S. The van der Waals surface area contributed by atoms with Crippen molar-refractivity contribution >= 4 is 44.7 Å². The number of fused-ring (bicyclic) bond motifs is 1. The Balaban J connectivity index is 1.91. The van der Waals surface area contributed by atoms with Crippen LogP contribution >= 0.6 is 0 Å². The molecule has 158 valence electrons. The van der Waals surface area contributed by atoms with Gasteiger partial charge in [-0.25, -0.2) is 0 Å². The molecule has 2 aromatic rings. The third kappa shape index (κ3) is 4.68. The van der Waals surface area contributed by atoms with Gasteiger partial charge in [-0.3, -0.25) is 9.59 Å². The van der Waals surface area contributed by atoms with Crippen LogP contribution in [-0.4, -0.2) is 32.6 Å². The van der Waals surface area contributed by atoms with Crippen molar-refractivity contribution in [2.45, 2.75) is 32.6 Å². The molecule has 0 radical (unpaired) electrons. The van der Waals surface area contributed by atoms with E-state index in [1.807, 2.05) is 18.7 Å². The topological polar surface area (TPSA) is 108 Å². The molecule has 0 atom stereocenters. The van der Waals surface area contributed by atoms with Crippen LogP contribution < -0.4 is 15.5 Å². The quantitative estimate of drug-likeness (QED) is 0.758. The van der Waals surface area contributed by atoms with Crippen molar-refractivity contribution in [1.82, 2.24) is 0 Å². The van der Waals surface area contributed by atoms with Crippen LogP contribution in [0, 0.1) is 5.92 Å². The van der Waals surface area contributed by atoms with Crippen molar-refractivity contribution in [3.63, 3.8) is 0 Å². The Labute approximate surface area is 176 Å². The molecule has 0 bridgehead atoms. The summed E-state index contributed by atoms with van der Waals surface area (Å²) in [6.45, 7) is 7.73. The molecule has 0 aromatic heterocycles. The fraction of sp³-hybridized carbons (Fsp3) is 0.286. The van der Waals surface area contributed by atoms with Crippen LogP contribution in [0.5, 0.6) is 0 Å². The predicted molar refractivity (Wildman–Crippen MR) is 118 cm³/mol. The van der Waals surface area contributed by atoms with Crippen molar-refractivity contribution < 1.29 is 18.0 Å². The average molecular weight is 429 g/mol. The number of hydrogen-bond donors (Lipinski definition) is 2. The number of anilines is 3. The first kappa shape index (κ1) is 21.5. The normalized spacial score (nSPS) is 14.7. The maximum atomic E-state index is 12.7. The Morgan fingerprint density at radius 1 is 1.07 bits per heavy atom. The van der Waals surface area contributed by atoms with Gasteiger partial charge in [-0.1, -0.05) is 19.9 Å². The Hall–Kier alpha value is -3.20. The van der Waals surface area contributed by atoms with Crippen molar-refractivity contribution in [3.8, 4) is 0 Å². The molecule has 8 nitrogen and oxygen atoms in total. The number of amides is 2.